The summed E-state index contributed by atoms with van der Waals surface area (Å²) >= 11 is 9.02. The first-order valence-corrected chi connectivity index (χ1v) is 6.12. The van der Waals surface area contributed by atoms with Gasteiger partial charge in [-0.1, -0.05) is 22.9 Å². The Kier molecular flexibility index (Phi) is 5.12. The highest BCUT2D eigenvalue weighted by atomic mass is 79.9. The summed E-state index contributed by atoms with van der Waals surface area (Å²) in [5.74, 6) is 0.369. The molecule has 0 aliphatic rings. The van der Waals surface area contributed by atoms with Crippen molar-refractivity contribution in [1.29, 1.82) is 0 Å². The molecule has 1 rings (SSSR count). The number of halogens is 2. The van der Waals surface area contributed by atoms with Gasteiger partial charge in [0.1, 0.15) is 0 Å². The molecular formula is C11H13BrClNO. The van der Waals surface area contributed by atoms with Crippen LogP contribution in [0.1, 0.15) is 23.7 Å². The number of rotatable bonds is 4. The lowest BCUT2D eigenvalue weighted by Gasteiger charge is -2.13. The molecule has 15 heavy (non-hydrogen) atoms. The van der Waals surface area contributed by atoms with Gasteiger partial charge in [-0.3, -0.25) is 4.79 Å². The molecule has 1 unspecified atom stereocenters. The molecule has 0 heterocycles. The van der Waals surface area contributed by atoms with Crippen molar-refractivity contribution < 1.29 is 4.79 Å². The average Bonchev–Trinajstić information content (AvgIpc) is 2.26. The van der Waals surface area contributed by atoms with E-state index in [0.717, 1.165) is 10.9 Å². The molecule has 82 valence electrons. The van der Waals surface area contributed by atoms with Crippen LogP contribution in [0.3, 0.4) is 0 Å². The van der Waals surface area contributed by atoms with Crippen molar-refractivity contribution in [1.82, 2.24) is 5.32 Å². The van der Waals surface area contributed by atoms with Crippen LogP contribution in [0.2, 0.25) is 0 Å². The molecule has 0 saturated carbocycles. The third-order valence-corrected chi connectivity index (χ3v) is 3.02. The van der Waals surface area contributed by atoms with Crippen molar-refractivity contribution >= 4 is 33.4 Å². The molecule has 0 spiro atoms. The molecule has 1 atom stereocenters. The standard InChI is InChI=1S/C11H13BrClNO/c1-2-10(7-13)14-11(15)8-3-5-9(12)6-4-8/h3-6,10H,2,7H2,1H3,(H,14,15). The topological polar surface area (TPSA) is 29.1 Å². The molecule has 0 aliphatic carbocycles. The van der Waals surface area contributed by atoms with E-state index < -0.39 is 0 Å². The molecule has 0 aliphatic heterocycles. The molecule has 2 nitrogen and oxygen atoms in total. The van der Waals surface area contributed by atoms with Crippen molar-refractivity contribution in [3.05, 3.63) is 34.3 Å². The Bertz CT molecular complexity index is 322. The van der Waals surface area contributed by atoms with Crippen molar-refractivity contribution in [2.24, 2.45) is 0 Å². The predicted molar refractivity (Wildman–Crippen MR) is 66.4 cm³/mol. The van der Waals surface area contributed by atoms with Crippen LogP contribution in [-0.4, -0.2) is 17.8 Å². The third-order valence-electron chi connectivity index (χ3n) is 2.12. The summed E-state index contributed by atoms with van der Waals surface area (Å²) < 4.78 is 0.962. The van der Waals surface area contributed by atoms with E-state index in [0.29, 0.717) is 11.4 Å². The summed E-state index contributed by atoms with van der Waals surface area (Å²) in [5, 5.41) is 2.87. The molecule has 4 heteroatoms. The molecule has 0 bridgehead atoms. The highest BCUT2D eigenvalue weighted by molar-refractivity contribution is 9.10. The smallest absolute Gasteiger partial charge is 0.251 e. The van der Waals surface area contributed by atoms with Crippen LogP contribution in [0.4, 0.5) is 0 Å². The van der Waals surface area contributed by atoms with Crippen molar-refractivity contribution in [3.8, 4) is 0 Å². The lowest BCUT2D eigenvalue weighted by atomic mass is 10.2. The van der Waals surface area contributed by atoms with Crippen LogP contribution in [0, 0.1) is 0 Å². The van der Waals surface area contributed by atoms with E-state index in [-0.39, 0.29) is 11.9 Å². The Morgan fingerprint density at radius 1 is 1.47 bits per heavy atom. The maximum Gasteiger partial charge on any atom is 0.251 e. The molecule has 1 amide bonds. The number of benzene rings is 1. The average molecular weight is 291 g/mol. The highest BCUT2D eigenvalue weighted by Gasteiger charge is 2.10. The molecule has 1 aromatic rings. The van der Waals surface area contributed by atoms with Crippen molar-refractivity contribution in [3.63, 3.8) is 0 Å². The molecular weight excluding hydrogens is 277 g/mol. The summed E-state index contributed by atoms with van der Waals surface area (Å²) in [6.45, 7) is 1.99. The molecule has 0 saturated heterocycles. The molecule has 0 radical (unpaired) electrons. The van der Waals surface area contributed by atoms with Crippen LogP contribution in [0.5, 0.6) is 0 Å². The van der Waals surface area contributed by atoms with Crippen LogP contribution in [0.15, 0.2) is 28.7 Å². The lowest BCUT2D eigenvalue weighted by molar-refractivity contribution is 0.0940. The monoisotopic (exact) mass is 289 g/mol. The minimum Gasteiger partial charge on any atom is -0.348 e. The number of carbonyl (C=O) groups excluding carboxylic acids is 1. The zero-order chi connectivity index (χ0) is 11.3. The molecule has 1 aromatic carbocycles. The van der Waals surface area contributed by atoms with Gasteiger partial charge in [0.15, 0.2) is 0 Å². The summed E-state index contributed by atoms with van der Waals surface area (Å²) in [4.78, 5) is 11.7. The maximum atomic E-state index is 11.7. The Morgan fingerprint density at radius 3 is 2.53 bits per heavy atom. The SMILES string of the molecule is CCC(CCl)NC(=O)c1ccc(Br)cc1. The lowest BCUT2D eigenvalue weighted by Crippen LogP contribution is -2.35. The van der Waals surface area contributed by atoms with Gasteiger partial charge in [-0.2, -0.15) is 0 Å². The van der Waals surface area contributed by atoms with Crippen molar-refractivity contribution in [2.45, 2.75) is 19.4 Å². The summed E-state index contributed by atoms with van der Waals surface area (Å²) in [7, 11) is 0. The minimum atomic E-state index is -0.0741. The van der Waals surface area contributed by atoms with Gasteiger partial charge in [-0.25, -0.2) is 0 Å². The fourth-order valence-corrected chi connectivity index (χ4v) is 1.68. The van der Waals surface area contributed by atoms with Gasteiger partial charge in [0, 0.05) is 22.0 Å². The zero-order valence-corrected chi connectivity index (χ0v) is 10.8. The maximum absolute atomic E-state index is 11.7. The molecule has 0 aromatic heterocycles. The van der Waals surface area contributed by atoms with E-state index in [1.54, 1.807) is 12.1 Å². The second kappa shape index (κ2) is 6.13. The van der Waals surface area contributed by atoms with Gasteiger partial charge in [-0.05, 0) is 30.7 Å². The number of hydrogen-bond acceptors (Lipinski definition) is 1. The van der Waals surface area contributed by atoms with Gasteiger partial charge in [0.2, 0.25) is 0 Å². The largest absolute Gasteiger partial charge is 0.348 e. The van der Waals surface area contributed by atoms with Gasteiger partial charge in [-0.15, -0.1) is 11.6 Å². The summed E-state index contributed by atoms with van der Waals surface area (Å²) in [6.07, 6.45) is 0.839. The number of hydrogen-bond donors (Lipinski definition) is 1. The number of nitrogens with one attached hydrogen (secondary N) is 1. The number of alkyl halides is 1. The minimum absolute atomic E-state index is 0.0443. The Labute approximate surface area is 103 Å². The second-order valence-electron chi connectivity index (χ2n) is 3.24. The first-order chi connectivity index (χ1) is 7.17. The van der Waals surface area contributed by atoms with Crippen molar-refractivity contribution in [2.75, 3.05) is 5.88 Å². The Balaban J connectivity index is 2.64. The van der Waals surface area contributed by atoms with Gasteiger partial charge in [0.05, 0.1) is 0 Å². The normalized spacial score (nSPS) is 12.2. The van der Waals surface area contributed by atoms with Gasteiger partial charge in [0.25, 0.3) is 5.91 Å². The van der Waals surface area contributed by atoms with Crippen LogP contribution < -0.4 is 5.32 Å². The molecule has 0 fully saturated rings. The second-order valence-corrected chi connectivity index (χ2v) is 4.46. The van der Waals surface area contributed by atoms with Crippen LogP contribution >= 0.6 is 27.5 Å². The van der Waals surface area contributed by atoms with Crippen LogP contribution in [-0.2, 0) is 0 Å². The first kappa shape index (κ1) is 12.5. The fraction of sp³-hybridized carbons (Fsp3) is 0.364. The number of carbonyl (C=O) groups is 1. The zero-order valence-electron chi connectivity index (χ0n) is 8.47. The van der Waals surface area contributed by atoms with Gasteiger partial charge < -0.3 is 5.32 Å². The quantitative estimate of drug-likeness (QED) is 0.848. The van der Waals surface area contributed by atoms with Crippen LogP contribution in [0.25, 0.3) is 0 Å². The Morgan fingerprint density at radius 2 is 2.07 bits per heavy atom. The van der Waals surface area contributed by atoms with E-state index in [2.05, 4.69) is 21.2 Å². The van der Waals surface area contributed by atoms with E-state index in [1.165, 1.54) is 0 Å². The van der Waals surface area contributed by atoms with E-state index in [1.807, 2.05) is 19.1 Å². The predicted octanol–water partition coefficient (Wildman–Crippen LogP) is 3.20. The summed E-state index contributed by atoms with van der Waals surface area (Å²) in [6, 6.07) is 7.29. The van der Waals surface area contributed by atoms with E-state index in [9.17, 15) is 4.79 Å². The Hall–Kier alpha value is -0.540. The fourth-order valence-electron chi connectivity index (χ4n) is 1.12. The van der Waals surface area contributed by atoms with Gasteiger partial charge >= 0.3 is 0 Å². The third kappa shape index (κ3) is 3.84. The molecule has 1 N–H and O–H groups in total. The number of amides is 1. The van der Waals surface area contributed by atoms with E-state index in [4.69, 9.17) is 11.6 Å². The summed E-state index contributed by atoms with van der Waals surface area (Å²) in [5.41, 5.74) is 0.654. The van der Waals surface area contributed by atoms with E-state index >= 15 is 0 Å². The highest BCUT2D eigenvalue weighted by Crippen LogP contribution is 2.10. The first-order valence-electron chi connectivity index (χ1n) is 4.79.